The zero-order valence-corrected chi connectivity index (χ0v) is 18.4. The Balaban J connectivity index is 0.00000338. The number of nitrogens with zero attached hydrogens (tertiary/aromatic N) is 2. The van der Waals surface area contributed by atoms with Crippen LogP contribution < -0.4 is 15.4 Å². The van der Waals surface area contributed by atoms with Crippen molar-refractivity contribution in [2.75, 3.05) is 20.2 Å². The van der Waals surface area contributed by atoms with Gasteiger partial charge in [0.15, 0.2) is 5.96 Å². The van der Waals surface area contributed by atoms with E-state index in [4.69, 9.17) is 4.74 Å². The molecule has 0 bridgehead atoms. The van der Waals surface area contributed by atoms with E-state index in [1.807, 2.05) is 0 Å². The van der Waals surface area contributed by atoms with Crippen LogP contribution in [-0.4, -0.2) is 31.1 Å². The van der Waals surface area contributed by atoms with E-state index in [0.717, 1.165) is 29.6 Å². The third-order valence-electron chi connectivity index (χ3n) is 3.49. The maximum Gasteiger partial charge on any atom is 0.191 e. The minimum Gasteiger partial charge on any atom is -0.494 e. The molecule has 0 aliphatic heterocycles. The van der Waals surface area contributed by atoms with Crippen LogP contribution in [0.5, 0.6) is 5.75 Å². The minimum absolute atomic E-state index is 0. The lowest BCUT2D eigenvalue weighted by molar-refractivity contribution is 0.310. The van der Waals surface area contributed by atoms with E-state index < -0.39 is 0 Å². The number of hydrogen-bond donors (Lipinski definition) is 2. The summed E-state index contributed by atoms with van der Waals surface area (Å²) in [6.45, 7) is 6.22. The summed E-state index contributed by atoms with van der Waals surface area (Å²) in [5.74, 6) is 1.60. The Morgan fingerprint density at radius 2 is 2.00 bits per heavy atom. The Kier molecular flexibility index (Phi) is 10.5. The number of aliphatic imine (C=N–C) groups is 1. The average Bonchev–Trinajstić information content (AvgIpc) is 3.08. The molecule has 0 saturated heterocycles. The first-order valence-corrected chi connectivity index (χ1v) is 9.23. The van der Waals surface area contributed by atoms with Crippen LogP contribution in [0, 0.1) is 5.82 Å². The second-order valence-electron chi connectivity index (χ2n) is 5.83. The van der Waals surface area contributed by atoms with Gasteiger partial charge in [-0.3, -0.25) is 4.99 Å². The summed E-state index contributed by atoms with van der Waals surface area (Å²) in [6.07, 6.45) is 0.812. The van der Waals surface area contributed by atoms with Gasteiger partial charge in [0.2, 0.25) is 0 Å². The Bertz CT molecular complexity index is 676. The molecule has 0 spiro atoms. The molecule has 1 aromatic heterocycles. The van der Waals surface area contributed by atoms with Gasteiger partial charge in [-0.1, -0.05) is 13.8 Å². The van der Waals surface area contributed by atoms with Gasteiger partial charge in [-0.25, -0.2) is 9.37 Å². The highest BCUT2D eigenvalue weighted by Gasteiger charge is 2.06. The smallest absolute Gasteiger partial charge is 0.191 e. The maximum absolute atomic E-state index is 12.8. The molecule has 0 unspecified atom stereocenters. The Morgan fingerprint density at radius 1 is 1.27 bits per heavy atom. The molecule has 0 aliphatic carbocycles. The van der Waals surface area contributed by atoms with Gasteiger partial charge in [-0.05, 0) is 36.6 Å². The molecular formula is C18H26FIN4OS. The van der Waals surface area contributed by atoms with Crippen LogP contribution in [-0.2, 0) is 6.54 Å². The summed E-state index contributed by atoms with van der Waals surface area (Å²) in [5.41, 5.74) is 1.13. The van der Waals surface area contributed by atoms with Crippen LogP contribution in [0.15, 0.2) is 34.6 Å². The van der Waals surface area contributed by atoms with Crippen molar-refractivity contribution >= 4 is 41.3 Å². The van der Waals surface area contributed by atoms with Gasteiger partial charge in [0.25, 0.3) is 0 Å². The van der Waals surface area contributed by atoms with Gasteiger partial charge >= 0.3 is 0 Å². The number of hydrogen-bond acceptors (Lipinski definition) is 4. The summed E-state index contributed by atoms with van der Waals surface area (Å²) >= 11 is 1.66. The molecule has 2 rings (SSSR count). The molecule has 0 saturated carbocycles. The molecule has 0 atom stereocenters. The Morgan fingerprint density at radius 3 is 2.62 bits per heavy atom. The minimum atomic E-state index is -0.260. The van der Waals surface area contributed by atoms with Crippen LogP contribution in [0.2, 0.25) is 0 Å². The van der Waals surface area contributed by atoms with Gasteiger partial charge < -0.3 is 15.4 Å². The van der Waals surface area contributed by atoms with Gasteiger partial charge in [-0.15, -0.1) is 35.3 Å². The second kappa shape index (κ2) is 12.1. The van der Waals surface area contributed by atoms with E-state index >= 15 is 0 Å². The molecule has 1 heterocycles. The number of benzene rings is 1. The first-order chi connectivity index (χ1) is 12.1. The zero-order chi connectivity index (χ0) is 18.1. The molecule has 0 fully saturated rings. The molecule has 144 valence electrons. The topological polar surface area (TPSA) is 58.5 Å². The van der Waals surface area contributed by atoms with Crippen molar-refractivity contribution in [3.63, 3.8) is 0 Å². The zero-order valence-electron chi connectivity index (χ0n) is 15.3. The fourth-order valence-electron chi connectivity index (χ4n) is 2.05. The normalized spacial score (nSPS) is 11.2. The summed E-state index contributed by atoms with van der Waals surface area (Å²) in [7, 11) is 1.74. The molecule has 26 heavy (non-hydrogen) atoms. The summed E-state index contributed by atoms with van der Waals surface area (Å²) in [5, 5.41) is 9.65. The second-order valence-corrected chi connectivity index (χ2v) is 6.77. The third kappa shape index (κ3) is 7.86. The van der Waals surface area contributed by atoms with E-state index in [-0.39, 0.29) is 29.8 Å². The largest absolute Gasteiger partial charge is 0.494 e. The van der Waals surface area contributed by atoms with Crippen molar-refractivity contribution in [2.24, 2.45) is 4.99 Å². The number of nitrogens with one attached hydrogen (secondary N) is 2. The molecule has 0 radical (unpaired) electrons. The highest BCUT2D eigenvalue weighted by atomic mass is 127. The lowest BCUT2D eigenvalue weighted by atomic mass is 10.2. The molecule has 0 aliphatic rings. The number of guanidine groups is 1. The standard InChI is InChI=1S/C18H25FN4OS.HI/c1-13(2)16-12-25-17(23-16)11-22-18(20-3)21-9-4-10-24-15-7-5-14(19)6-8-15;/h5-8,12-13H,4,9-11H2,1-3H3,(H2,20,21,22);1H. The quantitative estimate of drug-likeness (QED) is 0.252. The number of ether oxygens (including phenoxy) is 1. The van der Waals surface area contributed by atoms with Crippen LogP contribution in [0.1, 0.15) is 36.9 Å². The SMILES string of the molecule is CN=C(NCCCOc1ccc(F)cc1)NCc1nc(C(C)C)cs1.I. The van der Waals surface area contributed by atoms with Gasteiger partial charge in [-0.2, -0.15) is 0 Å². The Labute approximate surface area is 175 Å². The van der Waals surface area contributed by atoms with Gasteiger partial charge in [0.1, 0.15) is 16.6 Å². The summed E-state index contributed by atoms with van der Waals surface area (Å²) < 4.78 is 18.4. The number of halogens is 2. The van der Waals surface area contributed by atoms with E-state index in [1.54, 1.807) is 30.5 Å². The van der Waals surface area contributed by atoms with E-state index in [0.29, 0.717) is 24.8 Å². The predicted octanol–water partition coefficient (Wildman–Crippen LogP) is 4.16. The lowest BCUT2D eigenvalue weighted by Gasteiger charge is -2.11. The molecule has 2 N–H and O–H groups in total. The van der Waals surface area contributed by atoms with Crippen molar-refractivity contribution < 1.29 is 9.13 Å². The highest BCUT2D eigenvalue weighted by molar-refractivity contribution is 14.0. The van der Waals surface area contributed by atoms with Crippen LogP contribution in [0.25, 0.3) is 0 Å². The van der Waals surface area contributed by atoms with Crippen LogP contribution in [0.4, 0.5) is 4.39 Å². The van der Waals surface area contributed by atoms with E-state index in [1.165, 1.54) is 12.1 Å². The number of rotatable bonds is 8. The number of aromatic nitrogens is 1. The molecule has 5 nitrogen and oxygen atoms in total. The van der Waals surface area contributed by atoms with Crippen molar-refractivity contribution in [3.05, 3.63) is 46.2 Å². The highest BCUT2D eigenvalue weighted by Crippen LogP contribution is 2.17. The maximum atomic E-state index is 12.8. The number of thiazole rings is 1. The first-order valence-electron chi connectivity index (χ1n) is 8.35. The predicted molar refractivity (Wildman–Crippen MR) is 116 cm³/mol. The average molecular weight is 492 g/mol. The monoisotopic (exact) mass is 492 g/mol. The van der Waals surface area contributed by atoms with Crippen molar-refractivity contribution in [1.82, 2.24) is 15.6 Å². The third-order valence-corrected chi connectivity index (χ3v) is 4.35. The summed E-state index contributed by atoms with van der Waals surface area (Å²) in [4.78, 5) is 8.79. The molecule has 1 aromatic carbocycles. The van der Waals surface area contributed by atoms with E-state index in [9.17, 15) is 4.39 Å². The van der Waals surface area contributed by atoms with Crippen LogP contribution in [0.3, 0.4) is 0 Å². The fraction of sp³-hybridized carbons (Fsp3) is 0.444. The Hall–Kier alpha value is -1.42. The fourth-order valence-corrected chi connectivity index (χ4v) is 2.95. The lowest BCUT2D eigenvalue weighted by Crippen LogP contribution is -2.37. The van der Waals surface area contributed by atoms with Crippen molar-refractivity contribution in [3.8, 4) is 5.75 Å². The van der Waals surface area contributed by atoms with Crippen molar-refractivity contribution in [1.29, 1.82) is 0 Å². The van der Waals surface area contributed by atoms with Crippen molar-refractivity contribution in [2.45, 2.75) is 32.7 Å². The molecule has 2 aromatic rings. The summed E-state index contributed by atoms with van der Waals surface area (Å²) in [6, 6.07) is 6.04. The van der Waals surface area contributed by atoms with Crippen LogP contribution >= 0.6 is 35.3 Å². The first kappa shape index (κ1) is 22.6. The molecule has 0 amide bonds. The molecular weight excluding hydrogens is 466 g/mol. The van der Waals surface area contributed by atoms with E-state index in [2.05, 4.69) is 39.8 Å². The van der Waals surface area contributed by atoms with Gasteiger partial charge in [0, 0.05) is 19.0 Å². The van der Waals surface area contributed by atoms with Gasteiger partial charge in [0.05, 0.1) is 18.8 Å². The molecule has 8 heteroatoms.